The fourth-order valence-electron chi connectivity index (χ4n) is 3.87. The Balaban J connectivity index is 0.00000363. The lowest BCUT2D eigenvalue weighted by Crippen LogP contribution is -2.41. The van der Waals surface area contributed by atoms with Gasteiger partial charge in [0.1, 0.15) is 5.82 Å². The number of nitrogens with one attached hydrogen (secondary N) is 2. The SMILES string of the molecule is CN=C(NCc1cc(F)ccc1CS(C)(=O)=O)NCC1CCCOC1c1ccccc1.I. The topological polar surface area (TPSA) is 79.8 Å². The van der Waals surface area contributed by atoms with Gasteiger partial charge in [0.15, 0.2) is 15.8 Å². The molecule has 2 aromatic rings. The summed E-state index contributed by atoms with van der Waals surface area (Å²) in [5, 5.41) is 6.51. The number of hydrogen-bond acceptors (Lipinski definition) is 4. The normalized spacial score (nSPS) is 19.2. The third kappa shape index (κ3) is 8.00. The fourth-order valence-corrected chi connectivity index (χ4v) is 4.72. The van der Waals surface area contributed by atoms with Gasteiger partial charge in [-0.3, -0.25) is 4.99 Å². The number of ether oxygens (including phenoxy) is 1. The highest BCUT2D eigenvalue weighted by atomic mass is 127. The van der Waals surface area contributed by atoms with E-state index in [0.717, 1.165) is 19.4 Å². The van der Waals surface area contributed by atoms with E-state index in [2.05, 4.69) is 27.8 Å². The second kappa shape index (κ2) is 12.5. The van der Waals surface area contributed by atoms with Crippen LogP contribution in [-0.2, 0) is 26.9 Å². The maximum absolute atomic E-state index is 13.7. The second-order valence-electron chi connectivity index (χ2n) is 7.89. The summed E-state index contributed by atoms with van der Waals surface area (Å²) in [7, 11) is -1.55. The van der Waals surface area contributed by atoms with Crippen LogP contribution in [0.1, 0.15) is 35.6 Å². The van der Waals surface area contributed by atoms with E-state index in [1.54, 1.807) is 7.05 Å². The first-order valence-corrected chi connectivity index (χ1v) is 12.5. The average Bonchev–Trinajstić information content (AvgIpc) is 2.75. The third-order valence-corrected chi connectivity index (χ3v) is 6.20. The monoisotopic (exact) mass is 575 g/mol. The number of hydrogen-bond donors (Lipinski definition) is 2. The van der Waals surface area contributed by atoms with Crippen molar-refractivity contribution in [2.75, 3.05) is 26.5 Å². The van der Waals surface area contributed by atoms with Gasteiger partial charge >= 0.3 is 0 Å². The van der Waals surface area contributed by atoms with E-state index in [4.69, 9.17) is 4.74 Å². The van der Waals surface area contributed by atoms with Crippen LogP contribution in [0.25, 0.3) is 0 Å². The minimum atomic E-state index is -3.22. The molecule has 2 aromatic carbocycles. The lowest BCUT2D eigenvalue weighted by Gasteiger charge is -2.32. The predicted molar refractivity (Wildman–Crippen MR) is 136 cm³/mol. The molecule has 0 spiro atoms. The number of rotatable bonds is 7. The van der Waals surface area contributed by atoms with E-state index in [1.807, 2.05) is 18.2 Å². The van der Waals surface area contributed by atoms with Crippen LogP contribution in [0.3, 0.4) is 0 Å². The molecule has 2 N–H and O–H groups in total. The summed E-state index contributed by atoms with van der Waals surface area (Å²) in [5.74, 6) is 0.341. The summed E-state index contributed by atoms with van der Waals surface area (Å²) in [5.41, 5.74) is 2.34. The minimum absolute atomic E-state index is 0. The Morgan fingerprint density at radius 1 is 1.16 bits per heavy atom. The molecule has 1 fully saturated rings. The van der Waals surface area contributed by atoms with E-state index in [1.165, 1.54) is 30.0 Å². The summed E-state index contributed by atoms with van der Waals surface area (Å²) < 4.78 is 43.2. The molecule has 0 aromatic heterocycles. The van der Waals surface area contributed by atoms with Gasteiger partial charge in [-0.15, -0.1) is 24.0 Å². The smallest absolute Gasteiger partial charge is 0.191 e. The van der Waals surface area contributed by atoms with Crippen molar-refractivity contribution < 1.29 is 17.5 Å². The summed E-state index contributed by atoms with van der Waals surface area (Å²) in [6.07, 6.45) is 3.26. The predicted octanol–water partition coefficient (Wildman–Crippen LogP) is 3.82. The first kappa shape index (κ1) is 26.5. The number of sulfone groups is 1. The van der Waals surface area contributed by atoms with Gasteiger partial charge in [0.05, 0.1) is 11.9 Å². The Morgan fingerprint density at radius 3 is 2.59 bits per heavy atom. The van der Waals surface area contributed by atoms with Crippen molar-refractivity contribution in [2.45, 2.75) is 31.2 Å². The Kier molecular flexibility index (Phi) is 10.4. The van der Waals surface area contributed by atoms with Crippen LogP contribution >= 0.6 is 24.0 Å². The van der Waals surface area contributed by atoms with Gasteiger partial charge in [-0.1, -0.05) is 36.4 Å². The number of benzene rings is 2. The van der Waals surface area contributed by atoms with E-state index in [9.17, 15) is 12.8 Å². The molecule has 6 nitrogen and oxygen atoms in total. The van der Waals surface area contributed by atoms with Gasteiger partial charge in [0.25, 0.3) is 0 Å². The minimum Gasteiger partial charge on any atom is -0.373 e. The standard InChI is InChI=1S/C23H30FN3O3S.HI/c1-25-23(27-15-20-13-21(24)11-10-19(20)16-31(2,28)29)26-14-18-9-6-12-30-22(18)17-7-4-3-5-8-17;/h3-5,7-8,10-11,13,18,22H,6,9,12,14-16H2,1-2H3,(H2,25,26,27);1H. The van der Waals surface area contributed by atoms with Crippen molar-refractivity contribution in [3.8, 4) is 0 Å². The molecule has 32 heavy (non-hydrogen) atoms. The zero-order chi connectivity index (χ0) is 22.3. The van der Waals surface area contributed by atoms with E-state index in [-0.39, 0.29) is 42.4 Å². The van der Waals surface area contributed by atoms with Crippen molar-refractivity contribution in [1.82, 2.24) is 10.6 Å². The molecule has 0 radical (unpaired) electrons. The Hall–Kier alpha value is -1.72. The van der Waals surface area contributed by atoms with Crippen molar-refractivity contribution in [3.05, 3.63) is 71.0 Å². The Morgan fingerprint density at radius 2 is 1.91 bits per heavy atom. The molecule has 1 saturated heterocycles. The largest absolute Gasteiger partial charge is 0.373 e. The zero-order valence-electron chi connectivity index (χ0n) is 18.4. The fraction of sp³-hybridized carbons (Fsp3) is 0.435. The van der Waals surface area contributed by atoms with E-state index in [0.29, 0.717) is 29.5 Å². The molecule has 176 valence electrons. The summed E-state index contributed by atoms with van der Waals surface area (Å²) in [6, 6.07) is 14.4. The molecule has 0 bridgehead atoms. The number of nitrogens with zero attached hydrogens (tertiary/aromatic N) is 1. The Bertz CT molecular complexity index is 1000. The molecule has 0 amide bonds. The number of aliphatic imine (C=N–C) groups is 1. The summed E-state index contributed by atoms with van der Waals surface area (Å²) in [6.45, 7) is 1.70. The maximum Gasteiger partial charge on any atom is 0.191 e. The highest BCUT2D eigenvalue weighted by Crippen LogP contribution is 2.33. The average molecular weight is 575 g/mol. The van der Waals surface area contributed by atoms with E-state index >= 15 is 0 Å². The highest BCUT2D eigenvalue weighted by Gasteiger charge is 2.27. The van der Waals surface area contributed by atoms with E-state index < -0.39 is 15.7 Å². The highest BCUT2D eigenvalue weighted by molar-refractivity contribution is 14.0. The van der Waals surface area contributed by atoms with Crippen molar-refractivity contribution >= 4 is 39.8 Å². The summed E-state index contributed by atoms with van der Waals surface area (Å²) in [4.78, 5) is 4.25. The summed E-state index contributed by atoms with van der Waals surface area (Å²) >= 11 is 0. The van der Waals surface area contributed by atoms with Crippen LogP contribution in [0.2, 0.25) is 0 Å². The molecular formula is C23H31FIN3O3S. The van der Waals surface area contributed by atoms with Crippen LogP contribution in [0, 0.1) is 11.7 Å². The molecular weight excluding hydrogens is 544 g/mol. The molecule has 1 heterocycles. The van der Waals surface area contributed by atoms with Gasteiger partial charge in [0.2, 0.25) is 0 Å². The van der Waals surface area contributed by atoms with Gasteiger partial charge in [-0.05, 0) is 41.7 Å². The number of halogens is 2. The lowest BCUT2D eigenvalue weighted by atomic mass is 9.89. The quantitative estimate of drug-likeness (QED) is 0.298. The van der Waals surface area contributed by atoms with Crippen LogP contribution in [-0.4, -0.2) is 40.8 Å². The van der Waals surface area contributed by atoms with Crippen LogP contribution < -0.4 is 10.6 Å². The van der Waals surface area contributed by atoms with Crippen LogP contribution in [0.15, 0.2) is 53.5 Å². The first-order chi connectivity index (χ1) is 14.9. The molecule has 2 atom stereocenters. The molecule has 9 heteroatoms. The zero-order valence-corrected chi connectivity index (χ0v) is 21.5. The van der Waals surface area contributed by atoms with Crippen LogP contribution in [0.4, 0.5) is 4.39 Å². The lowest BCUT2D eigenvalue weighted by molar-refractivity contribution is -0.0265. The van der Waals surface area contributed by atoms with Crippen molar-refractivity contribution in [3.63, 3.8) is 0 Å². The Labute approximate surface area is 207 Å². The molecule has 0 aliphatic carbocycles. The molecule has 1 aliphatic rings. The molecule has 0 saturated carbocycles. The van der Waals surface area contributed by atoms with Crippen molar-refractivity contribution in [2.24, 2.45) is 10.9 Å². The van der Waals surface area contributed by atoms with Crippen LogP contribution in [0.5, 0.6) is 0 Å². The van der Waals surface area contributed by atoms with Crippen molar-refractivity contribution in [1.29, 1.82) is 0 Å². The molecule has 3 rings (SSSR count). The molecule has 1 aliphatic heterocycles. The second-order valence-corrected chi connectivity index (χ2v) is 10.0. The van der Waals surface area contributed by atoms with Gasteiger partial charge < -0.3 is 15.4 Å². The first-order valence-electron chi connectivity index (χ1n) is 10.4. The van der Waals surface area contributed by atoms with Gasteiger partial charge in [-0.25, -0.2) is 12.8 Å². The molecule has 2 unspecified atom stereocenters. The van der Waals surface area contributed by atoms with Gasteiger partial charge in [0, 0.05) is 38.9 Å². The third-order valence-electron chi connectivity index (χ3n) is 5.36. The van der Waals surface area contributed by atoms with Gasteiger partial charge in [-0.2, -0.15) is 0 Å². The maximum atomic E-state index is 13.7. The number of guanidine groups is 1.